The lowest BCUT2D eigenvalue weighted by atomic mass is 10.2. The van der Waals surface area contributed by atoms with Gasteiger partial charge in [0.1, 0.15) is 34.5 Å². The second-order valence-electron chi connectivity index (χ2n) is 8.27. The Labute approximate surface area is 197 Å². The summed E-state index contributed by atoms with van der Waals surface area (Å²) in [6.45, 7) is 3.92. The highest BCUT2D eigenvalue weighted by Gasteiger charge is 2.26. The van der Waals surface area contributed by atoms with E-state index in [-0.39, 0.29) is 5.75 Å². The zero-order valence-corrected chi connectivity index (χ0v) is 19.4. The van der Waals surface area contributed by atoms with Crippen molar-refractivity contribution in [2.24, 2.45) is 0 Å². The molecule has 1 aliphatic rings. The number of benzene rings is 2. The molecule has 0 unspecified atom stereocenters. The van der Waals surface area contributed by atoms with Gasteiger partial charge in [0.05, 0.1) is 49.8 Å². The van der Waals surface area contributed by atoms with Crippen molar-refractivity contribution in [3.8, 4) is 34.3 Å². The number of anilines is 1. The van der Waals surface area contributed by atoms with Gasteiger partial charge in [0.25, 0.3) is 0 Å². The van der Waals surface area contributed by atoms with E-state index >= 15 is 0 Å². The molecule has 1 saturated heterocycles. The number of nitrogens with zero attached hydrogens (tertiary/aromatic N) is 3. The predicted molar refractivity (Wildman–Crippen MR) is 131 cm³/mol. The summed E-state index contributed by atoms with van der Waals surface area (Å²) in [6.07, 6.45) is 0.593. The van der Waals surface area contributed by atoms with Crippen molar-refractivity contribution >= 4 is 16.9 Å². The lowest BCUT2D eigenvalue weighted by molar-refractivity contribution is 0.0382. The summed E-state index contributed by atoms with van der Waals surface area (Å²) in [5.74, 6) is 2.30. The summed E-state index contributed by atoms with van der Waals surface area (Å²) >= 11 is 0. The van der Waals surface area contributed by atoms with Crippen LogP contribution >= 0.6 is 0 Å². The minimum absolute atomic E-state index is 0.117. The van der Waals surface area contributed by atoms with E-state index in [0.717, 1.165) is 36.4 Å². The van der Waals surface area contributed by atoms with Crippen molar-refractivity contribution in [2.45, 2.75) is 6.42 Å². The molecule has 0 saturated carbocycles. The van der Waals surface area contributed by atoms with Crippen LogP contribution in [0.25, 0.3) is 28.1 Å². The SMILES string of the molecule is COc1cc(OC)cc(-n2c(N)c(-c3nc4ccccc4[nH]3)c(O)c2CCN2CCOCC2)c1. The Kier molecular flexibility index (Phi) is 6.04. The molecule has 0 spiro atoms. The number of para-hydroxylation sites is 2. The van der Waals surface area contributed by atoms with Crippen molar-refractivity contribution < 1.29 is 19.3 Å². The zero-order valence-electron chi connectivity index (χ0n) is 19.4. The number of aromatic nitrogens is 3. The van der Waals surface area contributed by atoms with E-state index in [2.05, 4.69) is 14.9 Å². The lowest BCUT2D eigenvalue weighted by Gasteiger charge is -2.26. The van der Waals surface area contributed by atoms with Gasteiger partial charge >= 0.3 is 0 Å². The molecule has 4 N–H and O–H groups in total. The van der Waals surface area contributed by atoms with Crippen LogP contribution in [0.1, 0.15) is 5.69 Å². The molecule has 4 aromatic rings. The minimum atomic E-state index is 0.117. The van der Waals surface area contributed by atoms with Crippen molar-refractivity contribution in [1.82, 2.24) is 19.4 Å². The summed E-state index contributed by atoms with van der Waals surface area (Å²) in [7, 11) is 3.21. The topological polar surface area (TPSA) is 111 Å². The lowest BCUT2D eigenvalue weighted by Crippen LogP contribution is -2.37. The third-order valence-corrected chi connectivity index (χ3v) is 6.27. The minimum Gasteiger partial charge on any atom is -0.505 e. The number of aromatic amines is 1. The maximum atomic E-state index is 11.4. The molecule has 2 aromatic carbocycles. The smallest absolute Gasteiger partial charge is 0.150 e. The Bertz CT molecular complexity index is 1250. The predicted octanol–water partition coefficient (Wildman–Crippen LogP) is 3.20. The van der Waals surface area contributed by atoms with Crippen LogP contribution in [-0.2, 0) is 11.2 Å². The first-order valence-corrected chi connectivity index (χ1v) is 11.3. The van der Waals surface area contributed by atoms with Crippen molar-refractivity contribution in [2.75, 3.05) is 52.8 Å². The number of hydrogen-bond acceptors (Lipinski definition) is 7. The van der Waals surface area contributed by atoms with Crippen molar-refractivity contribution in [3.05, 3.63) is 48.2 Å². The van der Waals surface area contributed by atoms with Crippen molar-refractivity contribution in [3.63, 3.8) is 0 Å². The maximum Gasteiger partial charge on any atom is 0.150 e. The number of fused-ring (bicyclic) bond motifs is 1. The Balaban J connectivity index is 1.64. The van der Waals surface area contributed by atoms with Crippen LogP contribution in [0, 0.1) is 0 Å². The Hall–Kier alpha value is -3.69. The average molecular weight is 464 g/mol. The number of nitrogens with two attached hydrogens (primary N) is 1. The first-order valence-electron chi connectivity index (χ1n) is 11.3. The second kappa shape index (κ2) is 9.28. The molecular formula is C25H29N5O4. The highest BCUT2D eigenvalue weighted by Crippen LogP contribution is 2.42. The molecule has 178 valence electrons. The highest BCUT2D eigenvalue weighted by atomic mass is 16.5. The van der Waals surface area contributed by atoms with Gasteiger partial charge in [-0.25, -0.2) is 4.98 Å². The normalized spacial score (nSPS) is 14.5. The van der Waals surface area contributed by atoms with E-state index in [9.17, 15) is 5.11 Å². The van der Waals surface area contributed by atoms with Crippen LogP contribution in [0.4, 0.5) is 5.82 Å². The molecule has 9 nitrogen and oxygen atoms in total. The van der Waals surface area contributed by atoms with Crippen LogP contribution in [0.5, 0.6) is 17.2 Å². The first-order chi connectivity index (χ1) is 16.6. The molecule has 34 heavy (non-hydrogen) atoms. The number of methoxy groups -OCH3 is 2. The number of aromatic hydroxyl groups is 1. The Morgan fingerprint density at radius 1 is 1.09 bits per heavy atom. The molecule has 0 radical (unpaired) electrons. The first kappa shape index (κ1) is 22.1. The molecule has 9 heteroatoms. The molecule has 0 bridgehead atoms. The fourth-order valence-corrected chi connectivity index (χ4v) is 4.47. The number of hydrogen-bond donors (Lipinski definition) is 3. The van der Waals surface area contributed by atoms with Crippen molar-refractivity contribution in [1.29, 1.82) is 0 Å². The molecular weight excluding hydrogens is 434 g/mol. The van der Waals surface area contributed by atoms with Gasteiger partial charge in [-0.2, -0.15) is 0 Å². The number of H-pyrrole nitrogens is 1. The highest BCUT2D eigenvalue weighted by molar-refractivity contribution is 5.86. The summed E-state index contributed by atoms with van der Waals surface area (Å²) in [5.41, 5.74) is 10.3. The summed E-state index contributed by atoms with van der Waals surface area (Å²) in [4.78, 5) is 10.3. The van der Waals surface area contributed by atoms with Gasteiger partial charge in [0, 0.05) is 44.3 Å². The molecule has 5 rings (SSSR count). The van der Waals surface area contributed by atoms with Crippen LogP contribution < -0.4 is 15.2 Å². The van der Waals surface area contributed by atoms with Gasteiger partial charge < -0.3 is 30.0 Å². The molecule has 2 aromatic heterocycles. The number of rotatable bonds is 7. The summed E-state index contributed by atoms with van der Waals surface area (Å²) in [5, 5.41) is 11.4. The quantitative estimate of drug-likeness (QED) is 0.386. The van der Waals surface area contributed by atoms with Gasteiger partial charge in [0.2, 0.25) is 0 Å². The van der Waals surface area contributed by atoms with Gasteiger partial charge in [-0.05, 0) is 12.1 Å². The van der Waals surface area contributed by atoms with Crippen LogP contribution in [0.3, 0.4) is 0 Å². The second-order valence-corrected chi connectivity index (χ2v) is 8.27. The molecule has 3 heterocycles. The van der Waals surface area contributed by atoms with E-state index in [1.165, 1.54) is 0 Å². The van der Waals surface area contributed by atoms with Crippen LogP contribution in [-0.4, -0.2) is 71.6 Å². The Morgan fingerprint density at radius 2 is 1.79 bits per heavy atom. The van der Waals surface area contributed by atoms with Gasteiger partial charge in [-0.3, -0.25) is 9.47 Å². The largest absolute Gasteiger partial charge is 0.505 e. The van der Waals surface area contributed by atoms with E-state index in [0.29, 0.717) is 54.0 Å². The Morgan fingerprint density at radius 3 is 2.47 bits per heavy atom. The fraction of sp³-hybridized carbons (Fsp3) is 0.320. The zero-order chi connectivity index (χ0) is 23.7. The number of nitrogen functional groups attached to an aromatic ring is 1. The van der Waals surface area contributed by atoms with Crippen LogP contribution in [0.15, 0.2) is 42.5 Å². The maximum absolute atomic E-state index is 11.4. The molecule has 0 atom stereocenters. The third kappa shape index (κ3) is 4.04. The monoisotopic (exact) mass is 463 g/mol. The number of ether oxygens (including phenoxy) is 3. The average Bonchev–Trinajstić information content (AvgIpc) is 3.40. The fourth-order valence-electron chi connectivity index (χ4n) is 4.47. The summed E-state index contributed by atoms with van der Waals surface area (Å²) < 4.78 is 18.3. The number of morpholine rings is 1. The van der Waals surface area contributed by atoms with E-state index < -0.39 is 0 Å². The van der Waals surface area contributed by atoms with Crippen LogP contribution in [0.2, 0.25) is 0 Å². The standard InChI is InChI=1S/C25H29N5O4/c1-32-17-13-16(14-18(15-17)33-2)30-21(7-8-29-9-11-34-12-10-29)23(31)22(24(30)26)25-27-19-5-3-4-6-20(19)28-25/h3-6,13-15,31H,7-12,26H2,1-2H3,(H,27,28). The third-order valence-electron chi connectivity index (χ3n) is 6.27. The van der Waals surface area contributed by atoms with E-state index in [1.54, 1.807) is 20.3 Å². The molecule has 1 aliphatic heterocycles. The molecule has 0 amide bonds. The van der Waals surface area contributed by atoms with Gasteiger partial charge in [-0.15, -0.1) is 0 Å². The van der Waals surface area contributed by atoms with E-state index in [1.807, 2.05) is 41.0 Å². The number of nitrogens with one attached hydrogen (secondary N) is 1. The number of imidazole rings is 1. The van der Waals surface area contributed by atoms with E-state index in [4.69, 9.17) is 19.9 Å². The molecule has 1 fully saturated rings. The van der Waals surface area contributed by atoms with Gasteiger partial charge in [0.15, 0.2) is 0 Å². The van der Waals surface area contributed by atoms with Gasteiger partial charge in [-0.1, -0.05) is 12.1 Å². The summed E-state index contributed by atoms with van der Waals surface area (Å²) in [6, 6.07) is 13.3. The molecule has 0 aliphatic carbocycles.